The smallest absolute Gasteiger partial charge is 0.312 e. The average molecular weight is 568 g/mol. The van der Waals surface area contributed by atoms with Crippen molar-refractivity contribution in [3.05, 3.63) is 58.9 Å². The van der Waals surface area contributed by atoms with Gasteiger partial charge in [0.2, 0.25) is 0 Å². The number of hydrogen-bond acceptors (Lipinski definition) is 8. The molecule has 11 nitrogen and oxygen atoms in total. The van der Waals surface area contributed by atoms with Gasteiger partial charge < -0.3 is 19.7 Å². The summed E-state index contributed by atoms with van der Waals surface area (Å²) in [7, 11) is 1.74. The number of hydrogen-bond donors (Lipinski definition) is 1. The number of halogens is 1. The molecule has 1 fully saturated rings. The van der Waals surface area contributed by atoms with Gasteiger partial charge in [-0.15, -0.1) is 0 Å². The van der Waals surface area contributed by atoms with Crippen LogP contribution < -0.4 is 10.2 Å². The first kappa shape index (κ1) is 27.9. The first-order chi connectivity index (χ1) is 19.1. The van der Waals surface area contributed by atoms with Crippen LogP contribution in [0.5, 0.6) is 0 Å². The van der Waals surface area contributed by atoms with Crippen LogP contribution in [0.2, 0.25) is 5.02 Å². The molecule has 12 heteroatoms. The molecule has 4 aromatic heterocycles. The summed E-state index contributed by atoms with van der Waals surface area (Å²) in [4.78, 5) is 37.5. The number of carbonyl (C=O) groups is 2. The minimum Gasteiger partial charge on any atom is -0.460 e. The number of amides is 1. The molecule has 0 radical (unpaired) electrons. The summed E-state index contributed by atoms with van der Waals surface area (Å²) >= 11 is 6.67. The third kappa shape index (κ3) is 5.62. The molecule has 0 aromatic carbocycles. The van der Waals surface area contributed by atoms with Crippen LogP contribution in [-0.4, -0.2) is 67.8 Å². The zero-order valence-electron chi connectivity index (χ0n) is 23.3. The number of piperidine rings is 1. The first-order valence-electron chi connectivity index (χ1n) is 13.3. The number of anilines is 1. The van der Waals surface area contributed by atoms with Crippen LogP contribution in [0.3, 0.4) is 0 Å². The molecule has 1 amide bonds. The highest BCUT2D eigenvalue weighted by Crippen LogP contribution is 2.34. The van der Waals surface area contributed by atoms with Crippen molar-refractivity contribution in [3.8, 4) is 0 Å². The third-order valence-electron chi connectivity index (χ3n) is 6.97. The lowest BCUT2D eigenvalue weighted by atomic mass is 10.0. The standard InChI is InChI=1S/C28H34ClN7O4/c1-17(19-13-20(29)22-15-30-16-35(22)27(19)34-11-7-18(39-5)8-12-34)32-26(38)24-21(14-23(37)40-28(2,3)4)33-36-10-6-9-31-25(24)36/h6,9-10,13,15-18H,7-8,11-12,14H2,1-5H3,(H,32,38). The Labute approximate surface area is 237 Å². The summed E-state index contributed by atoms with van der Waals surface area (Å²) in [6.07, 6.45) is 8.58. The summed E-state index contributed by atoms with van der Waals surface area (Å²) in [6.45, 7) is 8.87. The summed E-state index contributed by atoms with van der Waals surface area (Å²) in [5.74, 6) is 0.0500. The second kappa shape index (κ2) is 11.1. The highest BCUT2D eigenvalue weighted by Gasteiger charge is 2.29. The third-order valence-corrected chi connectivity index (χ3v) is 7.27. The van der Waals surface area contributed by atoms with Gasteiger partial charge in [0.15, 0.2) is 5.65 Å². The van der Waals surface area contributed by atoms with Gasteiger partial charge in [-0.05, 0) is 52.7 Å². The minimum atomic E-state index is -0.662. The van der Waals surface area contributed by atoms with Crippen LogP contribution >= 0.6 is 11.6 Å². The molecular weight excluding hydrogens is 534 g/mol. The molecule has 4 aromatic rings. The molecular formula is C28H34ClN7O4. The van der Waals surface area contributed by atoms with E-state index in [4.69, 9.17) is 21.1 Å². The van der Waals surface area contributed by atoms with Gasteiger partial charge in [-0.2, -0.15) is 5.10 Å². The minimum absolute atomic E-state index is 0.162. The maximum Gasteiger partial charge on any atom is 0.312 e. The van der Waals surface area contributed by atoms with Gasteiger partial charge in [-0.3, -0.25) is 14.0 Å². The molecule has 0 bridgehead atoms. The number of imidazole rings is 1. The highest BCUT2D eigenvalue weighted by molar-refractivity contribution is 6.34. The van der Waals surface area contributed by atoms with Gasteiger partial charge in [0.1, 0.15) is 23.3 Å². The van der Waals surface area contributed by atoms with Gasteiger partial charge in [-0.25, -0.2) is 14.5 Å². The van der Waals surface area contributed by atoms with E-state index < -0.39 is 23.5 Å². The summed E-state index contributed by atoms with van der Waals surface area (Å²) < 4.78 is 14.5. The second-order valence-corrected chi connectivity index (χ2v) is 11.4. The predicted molar refractivity (Wildman–Crippen MR) is 151 cm³/mol. The molecule has 1 saturated heterocycles. The predicted octanol–water partition coefficient (Wildman–Crippen LogP) is 4.02. The zero-order valence-corrected chi connectivity index (χ0v) is 24.1. The van der Waals surface area contributed by atoms with E-state index in [2.05, 4.69) is 25.3 Å². The summed E-state index contributed by atoms with van der Waals surface area (Å²) in [5.41, 5.74) is 1.86. The number of rotatable bonds is 7. The Morgan fingerprint density at radius 2 is 2.00 bits per heavy atom. The fraction of sp³-hybridized carbons (Fsp3) is 0.464. The molecule has 0 aliphatic carbocycles. The van der Waals surface area contributed by atoms with E-state index >= 15 is 0 Å². The van der Waals surface area contributed by atoms with E-state index in [1.807, 2.05) is 17.4 Å². The number of esters is 1. The Kier molecular flexibility index (Phi) is 7.70. The Hall–Kier alpha value is -3.70. The average Bonchev–Trinajstić information content (AvgIpc) is 3.52. The fourth-order valence-corrected chi connectivity index (χ4v) is 5.42. The monoisotopic (exact) mass is 567 g/mol. The quantitative estimate of drug-likeness (QED) is 0.333. The molecule has 40 heavy (non-hydrogen) atoms. The number of nitrogens with one attached hydrogen (secondary N) is 1. The van der Waals surface area contributed by atoms with Gasteiger partial charge >= 0.3 is 5.97 Å². The van der Waals surface area contributed by atoms with E-state index in [9.17, 15) is 9.59 Å². The number of nitrogens with zero attached hydrogens (tertiary/aromatic N) is 6. The van der Waals surface area contributed by atoms with Crippen molar-refractivity contribution >= 4 is 40.5 Å². The number of aromatic nitrogens is 5. The van der Waals surface area contributed by atoms with E-state index in [0.29, 0.717) is 16.4 Å². The van der Waals surface area contributed by atoms with Crippen LogP contribution in [0.15, 0.2) is 37.1 Å². The van der Waals surface area contributed by atoms with Gasteiger partial charge in [0, 0.05) is 38.2 Å². The van der Waals surface area contributed by atoms with Crippen molar-refractivity contribution in [1.82, 2.24) is 29.3 Å². The highest BCUT2D eigenvalue weighted by atomic mass is 35.5. The lowest BCUT2D eigenvalue weighted by Gasteiger charge is -2.35. The van der Waals surface area contributed by atoms with Crippen molar-refractivity contribution in [2.75, 3.05) is 25.1 Å². The lowest BCUT2D eigenvalue weighted by molar-refractivity contribution is -0.154. The molecule has 5 heterocycles. The molecule has 212 valence electrons. The molecule has 0 spiro atoms. The van der Waals surface area contributed by atoms with Crippen molar-refractivity contribution in [3.63, 3.8) is 0 Å². The Balaban J connectivity index is 1.48. The Morgan fingerprint density at radius 3 is 2.70 bits per heavy atom. The maximum atomic E-state index is 13.8. The molecule has 5 rings (SSSR count). The van der Waals surface area contributed by atoms with Crippen LogP contribution in [0.25, 0.3) is 11.2 Å². The van der Waals surface area contributed by atoms with Crippen molar-refractivity contribution < 1.29 is 19.1 Å². The lowest BCUT2D eigenvalue weighted by Crippen LogP contribution is -2.39. The van der Waals surface area contributed by atoms with Crippen LogP contribution in [0, 0.1) is 0 Å². The van der Waals surface area contributed by atoms with Gasteiger partial charge in [0.25, 0.3) is 5.91 Å². The van der Waals surface area contributed by atoms with E-state index in [0.717, 1.165) is 42.8 Å². The zero-order chi connectivity index (χ0) is 28.6. The molecule has 1 unspecified atom stereocenters. The van der Waals surface area contributed by atoms with E-state index in [1.165, 1.54) is 4.52 Å². The molecule has 1 aliphatic rings. The SMILES string of the molecule is COC1CCN(c2c(C(C)NC(=O)c3c(CC(=O)OC(C)(C)C)nn4cccnc34)cc(Cl)c3cncn23)CC1. The number of methoxy groups -OCH3 is 1. The van der Waals surface area contributed by atoms with Crippen LogP contribution in [0.4, 0.5) is 5.82 Å². The normalized spacial score (nSPS) is 15.5. The number of ether oxygens (including phenoxy) is 2. The largest absolute Gasteiger partial charge is 0.460 e. The van der Waals surface area contributed by atoms with Gasteiger partial charge in [-0.1, -0.05) is 11.6 Å². The molecule has 1 aliphatic heterocycles. The summed E-state index contributed by atoms with van der Waals surface area (Å²) in [6, 6.07) is 3.15. The van der Waals surface area contributed by atoms with Crippen molar-refractivity contribution in [1.29, 1.82) is 0 Å². The van der Waals surface area contributed by atoms with Crippen molar-refractivity contribution in [2.45, 2.75) is 64.7 Å². The summed E-state index contributed by atoms with van der Waals surface area (Å²) in [5, 5.41) is 8.12. The molecule has 0 saturated carbocycles. The maximum absolute atomic E-state index is 13.8. The van der Waals surface area contributed by atoms with E-state index in [1.54, 1.807) is 58.9 Å². The van der Waals surface area contributed by atoms with Crippen LogP contribution in [0.1, 0.15) is 68.2 Å². The second-order valence-electron chi connectivity index (χ2n) is 11.0. The van der Waals surface area contributed by atoms with Crippen LogP contribution in [-0.2, 0) is 20.7 Å². The molecule has 1 N–H and O–H groups in total. The Bertz CT molecular complexity index is 1550. The van der Waals surface area contributed by atoms with E-state index in [-0.39, 0.29) is 18.1 Å². The van der Waals surface area contributed by atoms with Crippen molar-refractivity contribution in [2.24, 2.45) is 0 Å². The number of fused-ring (bicyclic) bond motifs is 2. The number of carbonyl (C=O) groups excluding carboxylic acids is 2. The van der Waals surface area contributed by atoms with Gasteiger partial charge in [0.05, 0.1) is 41.0 Å². The fourth-order valence-electron chi connectivity index (χ4n) is 5.16. The molecule has 1 atom stereocenters. The topological polar surface area (TPSA) is 115 Å². The first-order valence-corrected chi connectivity index (χ1v) is 13.7. The Morgan fingerprint density at radius 1 is 1.25 bits per heavy atom. The number of pyridine rings is 1.